The molecule has 0 saturated heterocycles. The number of benzene rings is 2. The van der Waals surface area contributed by atoms with E-state index in [2.05, 4.69) is 15.6 Å². The smallest absolute Gasteiger partial charge is 0.253 e. The van der Waals surface area contributed by atoms with Crippen LogP contribution in [0.2, 0.25) is 5.02 Å². The van der Waals surface area contributed by atoms with Gasteiger partial charge in [0.25, 0.3) is 5.91 Å². The van der Waals surface area contributed by atoms with Gasteiger partial charge in [0.05, 0.1) is 0 Å². The molecule has 2 N–H and O–H groups in total. The zero-order valence-electron chi connectivity index (χ0n) is 15.1. The number of hydrogen-bond acceptors (Lipinski definition) is 2. The van der Waals surface area contributed by atoms with E-state index in [1.807, 2.05) is 48.5 Å². The van der Waals surface area contributed by atoms with Crippen LogP contribution >= 0.6 is 35.6 Å². The van der Waals surface area contributed by atoms with Gasteiger partial charge >= 0.3 is 0 Å². The number of aliphatic imine (C=N–C) groups is 1. The van der Waals surface area contributed by atoms with E-state index in [1.165, 1.54) is 0 Å². The molecule has 2 aromatic carbocycles. The zero-order chi connectivity index (χ0) is 18.2. The number of guanidine groups is 1. The second-order valence-electron chi connectivity index (χ2n) is 5.77. The Hall–Kier alpha value is -1.80. The van der Waals surface area contributed by atoms with Gasteiger partial charge in [0.1, 0.15) is 0 Å². The fourth-order valence-electron chi connectivity index (χ4n) is 2.25. The number of carbonyl (C=O) groups excluding carboxylic acids is 1. The fraction of sp³-hybridized carbons (Fsp3) is 0.263. The van der Waals surface area contributed by atoms with Gasteiger partial charge in [-0.15, -0.1) is 24.0 Å². The standard InChI is InChI=1S/C19H23ClN4O.HI/c1-21-19(23-13-16-6-4-5-7-17(16)20)22-12-14-8-10-15(11-9-14)18(25)24(2)3;/h4-11H,12-13H2,1-3H3,(H2,21,22,23);1H. The number of nitrogens with zero attached hydrogens (tertiary/aromatic N) is 2. The Kier molecular flexibility index (Phi) is 9.43. The van der Waals surface area contributed by atoms with Crippen molar-refractivity contribution in [1.82, 2.24) is 15.5 Å². The SMILES string of the molecule is CN=C(NCc1ccc(C(=O)N(C)C)cc1)NCc1ccccc1Cl.I. The number of amides is 1. The monoisotopic (exact) mass is 486 g/mol. The Morgan fingerprint density at radius 2 is 1.65 bits per heavy atom. The van der Waals surface area contributed by atoms with Gasteiger partial charge in [-0.05, 0) is 29.3 Å². The van der Waals surface area contributed by atoms with Crippen LogP contribution in [0.15, 0.2) is 53.5 Å². The molecular formula is C19H24ClIN4O. The number of nitrogens with one attached hydrogen (secondary N) is 2. The highest BCUT2D eigenvalue weighted by Crippen LogP contribution is 2.14. The summed E-state index contributed by atoms with van der Waals surface area (Å²) >= 11 is 6.16. The second-order valence-corrected chi connectivity index (χ2v) is 6.17. The third-order valence-corrected chi connectivity index (χ3v) is 4.06. The third-order valence-electron chi connectivity index (χ3n) is 3.69. The molecule has 140 valence electrons. The summed E-state index contributed by atoms with van der Waals surface area (Å²) in [5.41, 5.74) is 2.75. The van der Waals surface area contributed by atoms with E-state index < -0.39 is 0 Å². The number of hydrogen-bond donors (Lipinski definition) is 2. The van der Waals surface area contributed by atoms with E-state index in [9.17, 15) is 4.79 Å². The van der Waals surface area contributed by atoms with Crippen LogP contribution in [0.25, 0.3) is 0 Å². The minimum absolute atomic E-state index is 0. The van der Waals surface area contributed by atoms with Crippen molar-refractivity contribution in [2.75, 3.05) is 21.1 Å². The minimum atomic E-state index is -0.00303. The van der Waals surface area contributed by atoms with Crippen LogP contribution in [-0.4, -0.2) is 37.9 Å². The van der Waals surface area contributed by atoms with Crippen LogP contribution < -0.4 is 10.6 Å². The molecule has 0 aliphatic heterocycles. The summed E-state index contributed by atoms with van der Waals surface area (Å²) in [4.78, 5) is 17.7. The van der Waals surface area contributed by atoms with Gasteiger partial charge in [-0.1, -0.05) is 41.9 Å². The van der Waals surface area contributed by atoms with Crippen molar-refractivity contribution in [2.24, 2.45) is 4.99 Å². The molecule has 7 heteroatoms. The van der Waals surface area contributed by atoms with Crippen molar-refractivity contribution in [2.45, 2.75) is 13.1 Å². The van der Waals surface area contributed by atoms with Crippen LogP contribution in [0.4, 0.5) is 0 Å². The van der Waals surface area contributed by atoms with Crippen LogP contribution in [0.1, 0.15) is 21.5 Å². The lowest BCUT2D eigenvalue weighted by molar-refractivity contribution is 0.0827. The molecule has 2 rings (SSSR count). The summed E-state index contributed by atoms with van der Waals surface area (Å²) in [5.74, 6) is 0.685. The molecule has 0 unspecified atom stereocenters. The second kappa shape index (κ2) is 11.0. The molecule has 5 nitrogen and oxygen atoms in total. The first-order chi connectivity index (χ1) is 12.0. The summed E-state index contributed by atoms with van der Waals surface area (Å²) < 4.78 is 0. The lowest BCUT2D eigenvalue weighted by atomic mass is 10.1. The average Bonchev–Trinajstić information content (AvgIpc) is 2.63. The van der Waals surface area contributed by atoms with E-state index in [-0.39, 0.29) is 29.9 Å². The van der Waals surface area contributed by atoms with Gasteiger partial charge in [-0.3, -0.25) is 9.79 Å². The molecule has 2 aromatic rings. The van der Waals surface area contributed by atoms with Crippen molar-refractivity contribution >= 4 is 47.4 Å². The molecule has 0 atom stereocenters. The third kappa shape index (κ3) is 6.49. The van der Waals surface area contributed by atoms with Gasteiger partial charge in [0.2, 0.25) is 0 Å². The molecule has 0 aliphatic carbocycles. The maximum absolute atomic E-state index is 11.9. The summed E-state index contributed by atoms with van der Waals surface area (Å²) in [7, 11) is 5.21. The van der Waals surface area contributed by atoms with E-state index in [0.717, 1.165) is 16.1 Å². The van der Waals surface area contributed by atoms with Crippen LogP contribution in [-0.2, 0) is 13.1 Å². The molecule has 0 bridgehead atoms. The van der Waals surface area contributed by atoms with E-state index in [4.69, 9.17) is 11.6 Å². The summed E-state index contributed by atoms with van der Waals surface area (Å²) in [6.07, 6.45) is 0. The first-order valence-electron chi connectivity index (χ1n) is 7.99. The maximum Gasteiger partial charge on any atom is 0.253 e. The zero-order valence-corrected chi connectivity index (χ0v) is 18.2. The molecule has 0 heterocycles. The van der Waals surface area contributed by atoms with Crippen molar-refractivity contribution in [3.8, 4) is 0 Å². The molecule has 1 amide bonds. The van der Waals surface area contributed by atoms with E-state index >= 15 is 0 Å². The van der Waals surface area contributed by atoms with Crippen LogP contribution in [0.5, 0.6) is 0 Å². The molecular weight excluding hydrogens is 463 g/mol. The lowest BCUT2D eigenvalue weighted by Gasteiger charge is -2.13. The largest absolute Gasteiger partial charge is 0.352 e. The average molecular weight is 487 g/mol. The first-order valence-corrected chi connectivity index (χ1v) is 8.37. The molecule has 0 aromatic heterocycles. The summed E-state index contributed by atoms with van der Waals surface area (Å²) in [5, 5.41) is 7.21. The number of halogens is 2. The van der Waals surface area contributed by atoms with Crippen molar-refractivity contribution in [3.05, 3.63) is 70.2 Å². The molecule has 26 heavy (non-hydrogen) atoms. The Labute approximate surface area is 176 Å². The molecule has 0 radical (unpaired) electrons. The highest BCUT2D eigenvalue weighted by molar-refractivity contribution is 14.0. The van der Waals surface area contributed by atoms with E-state index in [1.54, 1.807) is 26.0 Å². The number of carbonyl (C=O) groups is 1. The first kappa shape index (κ1) is 22.2. The van der Waals surface area contributed by atoms with Gasteiger partial charge in [-0.2, -0.15) is 0 Å². The van der Waals surface area contributed by atoms with Crippen molar-refractivity contribution in [3.63, 3.8) is 0 Å². The predicted octanol–water partition coefficient (Wildman–Crippen LogP) is 3.53. The minimum Gasteiger partial charge on any atom is -0.352 e. The fourth-order valence-corrected chi connectivity index (χ4v) is 2.45. The van der Waals surface area contributed by atoms with Gasteiger partial charge < -0.3 is 15.5 Å². The summed E-state index contributed by atoms with van der Waals surface area (Å²) in [6, 6.07) is 15.2. The Morgan fingerprint density at radius 1 is 1.04 bits per heavy atom. The molecule has 0 spiro atoms. The van der Waals surface area contributed by atoms with Crippen molar-refractivity contribution < 1.29 is 4.79 Å². The Balaban J connectivity index is 0.00000338. The Bertz CT molecular complexity index is 747. The van der Waals surface area contributed by atoms with Crippen LogP contribution in [0.3, 0.4) is 0 Å². The topological polar surface area (TPSA) is 56.7 Å². The predicted molar refractivity (Wildman–Crippen MR) is 118 cm³/mol. The van der Waals surface area contributed by atoms with Gasteiger partial charge in [-0.25, -0.2) is 0 Å². The highest BCUT2D eigenvalue weighted by atomic mass is 127. The molecule has 0 fully saturated rings. The van der Waals surface area contributed by atoms with Crippen molar-refractivity contribution in [1.29, 1.82) is 0 Å². The highest BCUT2D eigenvalue weighted by Gasteiger charge is 2.07. The van der Waals surface area contributed by atoms with E-state index in [0.29, 0.717) is 24.6 Å². The van der Waals surface area contributed by atoms with Gasteiger partial charge in [0, 0.05) is 44.8 Å². The molecule has 0 aliphatic rings. The maximum atomic E-state index is 11.9. The summed E-state index contributed by atoms with van der Waals surface area (Å²) in [6.45, 7) is 1.20. The molecule has 0 saturated carbocycles. The Morgan fingerprint density at radius 3 is 2.23 bits per heavy atom. The number of rotatable bonds is 5. The van der Waals surface area contributed by atoms with Gasteiger partial charge in [0.15, 0.2) is 5.96 Å². The van der Waals surface area contributed by atoms with Crippen LogP contribution in [0, 0.1) is 0 Å². The lowest BCUT2D eigenvalue weighted by Crippen LogP contribution is -2.36. The quantitative estimate of drug-likeness (QED) is 0.386. The normalized spacial score (nSPS) is 10.7.